The number of esters is 1. The van der Waals surface area contributed by atoms with Gasteiger partial charge in [-0.1, -0.05) is 47.7 Å². The van der Waals surface area contributed by atoms with E-state index in [1.165, 1.54) is 0 Å². The SMILES string of the molecule is CCOC(=O)COc1ccccc1/C=C\c1ccc(N=NN(C)C)cc1. The topological polar surface area (TPSA) is 63.5 Å². The van der Waals surface area contributed by atoms with Gasteiger partial charge in [0.25, 0.3) is 0 Å². The Hall–Kier alpha value is -3.15. The van der Waals surface area contributed by atoms with E-state index in [-0.39, 0.29) is 12.6 Å². The van der Waals surface area contributed by atoms with Crippen molar-refractivity contribution in [3.05, 3.63) is 59.7 Å². The molecule has 0 heterocycles. The fraction of sp³-hybridized carbons (Fsp3) is 0.250. The van der Waals surface area contributed by atoms with Gasteiger partial charge in [0.2, 0.25) is 0 Å². The summed E-state index contributed by atoms with van der Waals surface area (Å²) in [4.78, 5) is 11.4. The molecule has 0 fully saturated rings. The Morgan fingerprint density at radius 3 is 2.50 bits per heavy atom. The molecule has 0 saturated heterocycles. The third kappa shape index (κ3) is 6.39. The van der Waals surface area contributed by atoms with Gasteiger partial charge in [0.15, 0.2) is 6.61 Å². The monoisotopic (exact) mass is 353 g/mol. The minimum Gasteiger partial charge on any atom is -0.481 e. The van der Waals surface area contributed by atoms with Crippen molar-refractivity contribution in [2.24, 2.45) is 10.3 Å². The number of rotatable bonds is 8. The number of carbonyl (C=O) groups is 1. The zero-order valence-corrected chi connectivity index (χ0v) is 15.3. The number of carbonyl (C=O) groups excluding carboxylic acids is 1. The smallest absolute Gasteiger partial charge is 0.344 e. The Kier molecular flexibility index (Phi) is 7.36. The lowest BCUT2D eigenvalue weighted by atomic mass is 10.1. The van der Waals surface area contributed by atoms with Crippen LogP contribution in [0.3, 0.4) is 0 Å². The van der Waals surface area contributed by atoms with E-state index in [1.54, 1.807) is 11.9 Å². The normalized spacial score (nSPS) is 11.0. The summed E-state index contributed by atoms with van der Waals surface area (Å²) in [5.41, 5.74) is 2.69. The van der Waals surface area contributed by atoms with E-state index in [1.807, 2.05) is 74.8 Å². The number of nitrogens with zero attached hydrogens (tertiary/aromatic N) is 3. The van der Waals surface area contributed by atoms with Crippen molar-refractivity contribution in [2.45, 2.75) is 6.92 Å². The lowest BCUT2D eigenvalue weighted by Gasteiger charge is -2.08. The molecule has 0 aliphatic heterocycles. The predicted octanol–water partition coefficient (Wildman–Crippen LogP) is 4.36. The Morgan fingerprint density at radius 1 is 1.08 bits per heavy atom. The van der Waals surface area contributed by atoms with E-state index in [0.717, 1.165) is 16.8 Å². The molecule has 0 unspecified atom stereocenters. The molecule has 0 radical (unpaired) electrons. The first-order valence-corrected chi connectivity index (χ1v) is 8.33. The Balaban J connectivity index is 2.04. The van der Waals surface area contributed by atoms with Crippen LogP contribution in [-0.4, -0.2) is 38.3 Å². The summed E-state index contributed by atoms with van der Waals surface area (Å²) in [5, 5.41) is 9.70. The van der Waals surface area contributed by atoms with Crippen molar-refractivity contribution in [1.29, 1.82) is 0 Å². The van der Waals surface area contributed by atoms with Crippen molar-refractivity contribution >= 4 is 23.8 Å². The first-order chi connectivity index (χ1) is 12.6. The second-order valence-corrected chi connectivity index (χ2v) is 5.59. The Labute approximate surface area is 153 Å². The highest BCUT2D eigenvalue weighted by Crippen LogP contribution is 2.21. The molecular weight excluding hydrogens is 330 g/mol. The van der Waals surface area contributed by atoms with Crippen molar-refractivity contribution < 1.29 is 14.3 Å². The molecule has 0 spiro atoms. The second-order valence-electron chi connectivity index (χ2n) is 5.59. The number of ether oxygens (including phenoxy) is 2. The molecular formula is C20H23N3O3. The van der Waals surface area contributed by atoms with Crippen LogP contribution < -0.4 is 4.74 Å². The summed E-state index contributed by atoms with van der Waals surface area (Å²) in [5.74, 6) is 0.252. The molecule has 0 saturated carbocycles. The van der Waals surface area contributed by atoms with Crippen LogP contribution in [-0.2, 0) is 9.53 Å². The number of hydrogen-bond acceptors (Lipinski definition) is 5. The average molecular weight is 353 g/mol. The molecule has 0 atom stereocenters. The van der Waals surface area contributed by atoms with E-state index in [0.29, 0.717) is 12.4 Å². The molecule has 26 heavy (non-hydrogen) atoms. The van der Waals surface area contributed by atoms with Crippen molar-refractivity contribution in [3.8, 4) is 5.75 Å². The van der Waals surface area contributed by atoms with Gasteiger partial charge in [-0.3, -0.25) is 5.01 Å². The van der Waals surface area contributed by atoms with E-state index in [2.05, 4.69) is 10.3 Å². The van der Waals surface area contributed by atoms with Crippen molar-refractivity contribution in [3.63, 3.8) is 0 Å². The molecule has 0 aliphatic rings. The average Bonchev–Trinajstić information content (AvgIpc) is 2.64. The molecule has 2 aromatic carbocycles. The molecule has 0 aliphatic carbocycles. The third-order valence-electron chi connectivity index (χ3n) is 3.26. The van der Waals surface area contributed by atoms with Gasteiger partial charge in [-0.15, -0.1) is 5.11 Å². The van der Waals surface area contributed by atoms with Crippen LogP contribution in [0.4, 0.5) is 5.69 Å². The highest BCUT2D eigenvalue weighted by atomic mass is 16.6. The van der Waals surface area contributed by atoms with Gasteiger partial charge in [0, 0.05) is 19.7 Å². The number of para-hydroxylation sites is 1. The van der Waals surface area contributed by atoms with Crippen LogP contribution >= 0.6 is 0 Å². The Morgan fingerprint density at radius 2 is 1.81 bits per heavy atom. The highest BCUT2D eigenvalue weighted by Gasteiger charge is 2.05. The summed E-state index contributed by atoms with van der Waals surface area (Å²) >= 11 is 0. The van der Waals surface area contributed by atoms with Gasteiger partial charge in [0.1, 0.15) is 5.75 Å². The maximum Gasteiger partial charge on any atom is 0.344 e. The minimum absolute atomic E-state index is 0.107. The maximum atomic E-state index is 11.4. The van der Waals surface area contributed by atoms with Crippen molar-refractivity contribution in [2.75, 3.05) is 27.3 Å². The zero-order chi connectivity index (χ0) is 18.8. The molecule has 136 valence electrons. The molecule has 2 rings (SSSR count). The minimum atomic E-state index is -0.381. The van der Waals surface area contributed by atoms with Crippen LogP contribution in [0, 0.1) is 0 Å². The van der Waals surface area contributed by atoms with E-state index < -0.39 is 0 Å². The quantitative estimate of drug-likeness (QED) is 0.306. The van der Waals surface area contributed by atoms with Crippen LogP contribution in [0.15, 0.2) is 58.9 Å². The van der Waals surface area contributed by atoms with Crippen molar-refractivity contribution in [1.82, 2.24) is 5.01 Å². The molecule has 0 amide bonds. The fourth-order valence-corrected chi connectivity index (χ4v) is 2.07. The number of benzene rings is 2. The lowest BCUT2D eigenvalue weighted by molar-refractivity contribution is -0.145. The first kappa shape index (κ1) is 19.2. The molecule has 0 bridgehead atoms. The van der Waals surface area contributed by atoms with E-state index in [9.17, 15) is 4.79 Å². The van der Waals surface area contributed by atoms with Gasteiger partial charge in [-0.25, -0.2) is 4.79 Å². The predicted molar refractivity (Wildman–Crippen MR) is 102 cm³/mol. The van der Waals surface area contributed by atoms with Gasteiger partial charge in [0.05, 0.1) is 12.3 Å². The standard InChI is InChI=1S/C20H23N3O3/c1-4-25-20(24)15-26-19-8-6-5-7-17(19)12-9-16-10-13-18(14-11-16)21-22-23(2)3/h5-14H,4,15H2,1-3H3/b12-9-,22-21?. The molecule has 6 nitrogen and oxygen atoms in total. The van der Waals surface area contributed by atoms with Gasteiger partial charge < -0.3 is 9.47 Å². The summed E-state index contributed by atoms with van der Waals surface area (Å²) < 4.78 is 10.4. The van der Waals surface area contributed by atoms with Gasteiger partial charge in [-0.05, 0) is 30.7 Å². The van der Waals surface area contributed by atoms with Crippen LogP contribution in [0.1, 0.15) is 18.1 Å². The van der Waals surface area contributed by atoms with E-state index in [4.69, 9.17) is 9.47 Å². The first-order valence-electron chi connectivity index (χ1n) is 8.33. The van der Waals surface area contributed by atoms with Gasteiger partial charge in [-0.2, -0.15) is 0 Å². The summed E-state index contributed by atoms with van der Waals surface area (Å²) in [7, 11) is 3.64. The highest BCUT2D eigenvalue weighted by molar-refractivity contribution is 5.74. The van der Waals surface area contributed by atoms with Crippen LogP contribution in [0.25, 0.3) is 12.2 Å². The zero-order valence-electron chi connectivity index (χ0n) is 15.3. The van der Waals surface area contributed by atoms with Crippen LogP contribution in [0.5, 0.6) is 5.75 Å². The second kappa shape index (κ2) is 9.98. The van der Waals surface area contributed by atoms with E-state index >= 15 is 0 Å². The summed E-state index contributed by atoms with van der Waals surface area (Å²) in [6.07, 6.45) is 3.91. The molecule has 2 aromatic rings. The maximum absolute atomic E-state index is 11.4. The third-order valence-corrected chi connectivity index (χ3v) is 3.26. The number of hydrogen-bond donors (Lipinski definition) is 0. The summed E-state index contributed by atoms with van der Waals surface area (Å²) in [6.45, 7) is 2.00. The lowest BCUT2D eigenvalue weighted by Crippen LogP contribution is -2.14. The molecule has 0 aromatic heterocycles. The Bertz CT molecular complexity index is 768. The molecule has 6 heteroatoms. The largest absolute Gasteiger partial charge is 0.481 e. The van der Waals surface area contributed by atoms with Crippen LogP contribution in [0.2, 0.25) is 0 Å². The summed E-state index contributed by atoms with van der Waals surface area (Å²) in [6, 6.07) is 15.3. The van der Waals surface area contributed by atoms with Gasteiger partial charge >= 0.3 is 5.97 Å². The fourth-order valence-electron chi connectivity index (χ4n) is 2.07. The molecule has 0 N–H and O–H groups in total.